The van der Waals surface area contributed by atoms with Crippen LogP contribution < -0.4 is 10.5 Å². The number of hydrogen-bond acceptors (Lipinski definition) is 3. The molecule has 0 fully saturated rings. The molecule has 0 aliphatic rings. The van der Waals surface area contributed by atoms with Crippen molar-refractivity contribution in [1.29, 1.82) is 0 Å². The van der Waals surface area contributed by atoms with Crippen molar-refractivity contribution in [2.45, 2.75) is 12.9 Å². The van der Waals surface area contributed by atoms with Crippen molar-refractivity contribution >= 4 is 27.5 Å². The van der Waals surface area contributed by atoms with Crippen LogP contribution in [0.25, 0.3) is 0 Å². The summed E-state index contributed by atoms with van der Waals surface area (Å²) in [6.45, 7) is -0.0266. The van der Waals surface area contributed by atoms with Gasteiger partial charge in [0.05, 0.1) is 15.2 Å². The molecule has 2 N–H and O–H groups in total. The van der Waals surface area contributed by atoms with Crippen molar-refractivity contribution in [2.24, 2.45) is 5.73 Å². The van der Waals surface area contributed by atoms with Crippen LogP contribution in [-0.4, -0.2) is 11.3 Å². The number of hydrogen-bond donors (Lipinski definition) is 1. The van der Waals surface area contributed by atoms with E-state index in [1.54, 1.807) is 0 Å². The lowest BCUT2D eigenvalue weighted by molar-refractivity contribution is -0.276. The molecule has 0 saturated heterocycles. The van der Waals surface area contributed by atoms with Crippen molar-refractivity contribution < 1.29 is 17.9 Å². The zero-order chi connectivity index (χ0) is 11.6. The average Bonchev–Trinajstić information content (AvgIpc) is 2.10. The Balaban J connectivity index is 3.11. The zero-order valence-electron chi connectivity index (χ0n) is 7.11. The lowest BCUT2D eigenvalue weighted by atomic mass is 10.3. The summed E-state index contributed by atoms with van der Waals surface area (Å²) in [6.07, 6.45) is -4.81. The highest BCUT2D eigenvalue weighted by Crippen LogP contribution is 2.34. The Morgan fingerprint density at radius 3 is 2.60 bits per heavy atom. The summed E-state index contributed by atoms with van der Waals surface area (Å²) in [5.41, 5.74) is 5.44. The lowest BCUT2D eigenvalue weighted by Gasteiger charge is -2.11. The molecule has 0 atom stereocenters. The van der Waals surface area contributed by atoms with E-state index in [0.29, 0.717) is 0 Å². The van der Waals surface area contributed by atoms with Crippen molar-refractivity contribution in [3.8, 4) is 5.88 Å². The molecule has 15 heavy (non-hydrogen) atoms. The molecule has 0 aliphatic heterocycles. The van der Waals surface area contributed by atoms with E-state index in [9.17, 15) is 13.2 Å². The fraction of sp³-hybridized carbons (Fsp3) is 0.286. The van der Waals surface area contributed by atoms with Gasteiger partial charge in [-0.15, -0.1) is 13.2 Å². The van der Waals surface area contributed by atoms with Gasteiger partial charge >= 0.3 is 6.36 Å². The normalized spacial score (nSPS) is 11.6. The van der Waals surface area contributed by atoms with E-state index in [2.05, 4.69) is 25.7 Å². The summed E-state index contributed by atoms with van der Waals surface area (Å²) >= 11 is 8.47. The van der Waals surface area contributed by atoms with Gasteiger partial charge in [0.25, 0.3) is 0 Å². The van der Waals surface area contributed by atoms with Gasteiger partial charge in [-0.2, -0.15) is 0 Å². The summed E-state index contributed by atoms with van der Waals surface area (Å²) in [6, 6.07) is 1.36. The minimum atomic E-state index is -4.81. The summed E-state index contributed by atoms with van der Waals surface area (Å²) in [4.78, 5) is 3.54. The molecule has 84 valence electrons. The maximum Gasteiger partial charge on any atom is 0.574 e. The molecule has 1 aromatic rings. The summed E-state index contributed by atoms with van der Waals surface area (Å²) in [5, 5.41) is 0.0599. The maximum atomic E-state index is 11.9. The molecular weight excluding hydrogens is 300 g/mol. The first-order chi connectivity index (χ1) is 6.83. The number of pyridine rings is 1. The highest BCUT2D eigenvalue weighted by Gasteiger charge is 2.33. The Morgan fingerprint density at radius 1 is 1.53 bits per heavy atom. The van der Waals surface area contributed by atoms with Crippen LogP contribution in [-0.2, 0) is 6.54 Å². The number of ether oxygens (including phenoxy) is 1. The molecule has 0 aliphatic carbocycles. The van der Waals surface area contributed by atoms with Crippen LogP contribution in [0.15, 0.2) is 10.5 Å². The highest BCUT2D eigenvalue weighted by molar-refractivity contribution is 9.10. The molecule has 0 radical (unpaired) electrons. The first-order valence-corrected chi connectivity index (χ1v) is 4.81. The molecule has 1 rings (SSSR count). The van der Waals surface area contributed by atoms with Gasteiger partial charge in [0.2, 0.25) is 5.88 Å². The average molecular weight is 305 g/mol. The van der Waals surface area contributed by atoms with Crippen LogP contribution in [0.3, 0.4) is 0 Å². The third kappa shape index (κ3) is 3.51. The van der Waals surface area contributed by atoms with Crippen molar-refractivity contribution in [1.82, 2.24) is 4.98 Å². The number of rotatable bonds is 2. The van der Waals surface area contributed by atoms with Crippen LogP contribution >= 0.6 is 27.5 Å². The van der Waals surface area contributed by atoms with E-state index in [-0.39, 0.29) is 21.7 Å². The molecule has 0 amide bonds. The van der Waals surface area contributed by atoms with Crippen LogP contribution in [0.5, 0.6) is 5.88 Å². The van der Waals surface area contributed by atoms with Gasteiger partial charge in [-0.3, -0.25) is 0 Å². The third-order valence-electron chi connectivity index (χ3n) is 1.36. The first kappa shape index (κ1) is 12.5. The minimum Gasteiger partial charge on any atom is -0.387 e. The molecule has 0 unspecified atom stereocenters. The smallest absolute Gasteiger partial charge is 0.387 e. The predicted molar refractivity (Wildman–Crippen MR) is 51.5 cm³/mol. The molecule has 0 saturated carbocycles. The summed E-state index contributed by atoms with van der Waals surface area (Å²) in [7, 11) is 0. The van der Waals surface area contributed by atoms with E-state index in [4.69, 9.17) is 17.3 Å². The van der Waals surface area contributed by atoms with Gasteiger partial charge in [-0.05, 0) is 22.0 Å². The zero-order valence-corrected chi connectivity index (χ0v) is 9.45. The molecule has 0 bridgehead atoms. The standard InChI is InChI=1S/C7H5BrClF3N2O/c8-5-4(9)1-3(2-13)14-6(5)15-7(10,11)12/h1H,2,13H2. The second kappa shape index (κ2) is 4.54. The van der Waals surface area contributed by atoms with E-state index >= 15 is 0 Å². The van der Waals surface area contributed by atoms with Crippen LogP contribution in [0, 0.1) is 0 Å². The van der Waals surface area contributed by atoms with Crippen LogP contribution in [0.1, 0.15) is 5.69 Å². The van der Waals surface area contributed by atoms with Crippen molar-refractivity contribution in [3.63, 3.8) is 0 Å². The molecule has 0 aromatic carbocycles. The monoisotopic (exact) mass is 304 g/mol. The number of halogens is 5. The van der Waals surface area contributed by atoms with Gasteiger partial charge < -0.3 is 10.5 Å². The number of aromatic nitrogens is 1. The number of alkyl halides is 3. The Bertz CT molecular complexity index is 372. The van der Waals surface area contributed by atoms with Crippen molar-refractivity contribution in [2.75, 3.05) is 0 Å². The highest BCUT2D eigenvalue weighted by atomic mass is 79.9. The fourth-order valence-electron chi connectivity index (χ4n) is 0.805. The fourth-order valence-corrected chi connectivity index (χ4v) is 1.30. The van der Waals surface area contributed by atoms with Gasteiger partial charge in [0, 0.05) is 6.54 Å². The molecular formula is C7H5BrClF3N2O. The molecule has 3 nitrogen and oxygen atoms in total. The first-order valence-electron chi connectivity index (χ1n) is 3.64. The summed E-state index contributed by atoms with van der Waals surface area (Å²) < 4.78 is 39.4. The quantitative estimate of drug-likeness (QED) is 0.914. The second-order valence-corrected chi connectivity index (χ2v) is 3.67. The second-order valence-electron chi connectivity index (χ2n) is 2.47. The number of nitrogens with zero attached hydrogens (tertiary/aromatic N) is 1. The topological polar surface area (TPSA) is 48.1 Å². The molecule has 1 aromatic heterocycles. The Labute approximate surface area is 96.5 Å². The maximum absolute atomic E-state index is 11.9. The molecule has 1 heterocycles. The van der Waals surface area contributed by atoms with Crippen LogP contribution in [0.2, 0.25) is 5.02 Å². The lowest BCUT2D eigenvalue weighted by Crippen LogP contribution is -2.19. The van der Waals surface area contributed by atoms with E-state index < -0.39 is 12.2 Å². The van der Waals surface area contributed by atoms with E-state index in [0.717, 1.165) is 0 Å². The number of nitrogens with two attached hydrogens (primary N) is 1. The van der Waals surface area contributed by atoms with Gasteiger partial charge in [-0.25, -0.2) is 4.98 Å². The van der Waals surface area contributed by atoms with E-state index in [1.165, 1.54) is 6.07 Å². The molecule has 0 spiro atoms. The van der Waals surface area contributed by atoms with Gasteiger partial charge in [0.1, 0.15) is 0 Å². The van der Waals surface area contributed by atoms with Crippen molar-refractivity contribution in [3.05, 3.63) is 21.3 Å². The third-order valence-corrected chi connectivity index (χ3v) is 2.65. The Hall–Kier alpha value is -0.530. The predicted octanol–water partition coefficient (Wildman–Crippen LogP) is 2.85. The largest absolute Gasteiger partial charge is 0.574 e. The van der Waals surface area contributed by atoms with E-state index in [1.807, 2.05) is 0 Å². The Kier molecular flexibility index (Phi) is 3.80. The molecule has 8 heteroatoms. The SMILES string of the molecule is NCc1cc(Cl)c(Br)c(OC(F)(F)F)n1. The van der Waals surface area contributed by atoms with Crippen LogP contribution in [0.4, 0.5) is 13.2 Å². The Morgan fingerprint density at radius 2 is 2.13 bits per heavy atom. The van der Waals surface area contributed by atoms with Gasteiger partial charge in [-0.1, -0.05) is 11.6 Å². The van der Waals surface area contributed by atoms with Gasteiger partial charge in [0.15, 0.2) is 0 Å². The summed E-state index contributed by atoms with van der Waals surface area (Å²) in [5.74, 6) is -0.643. The minimum absolute atomic E-state index is 0.0266.